The number of carboxylic acids is 1. The topological polar surface area (TPSA) is 66.8 Å². The second kappa shape index (κ2) is 6.86. The zero-order chi connectivity index (χ0) is 12.8. The Labute approximate surface area is 105 Å². The van der Waals surface area contributed by atoms with Crippen molar-refractivity contribution in [3.63, 3.8) is 0 Å². The Kier molecular flexibility index (Phi) is 5.77. The summed E-state index contributed by atoms with van der Waals surface area (Å²) in [5.74, 6) is -0.424. The molecule has 1 saturated heterocycles. The maximum atomic E-state index is 12.1. The minimum atomic E-state index is -1.07. The van der Waals surface area contributed by atoms with Crippen LogP contribution >= 0.6 is 11.8 Å². The van der Waals surface area contributed by atoms with E-state index in [1.807, 2.05) is 0 Å². The van der Waals surface area contributed by atoms with Crippen LogP contribution in [-0.2, 0) is 14.3 Å². The number of carbonyl (C=O) groups excluding carboxylic acids is 1. The first-order chi connectivity index (χ1) is 8.07. The highest BCUT2D eigenvalue weighted by Gasteiger charge is 2.32. The molecule has 0 aromatic carbocycles. The Bertz CT molecular complexity index is 279. The smallest absolute Gasteiger partial charge is 0.315 e. The first-order valence-corrected chi connectivity index (χ1v) is 6.83. The molecule has 0 bridgehead atoms. The number of aliphatic carboxylic acids is 1. The lowest BCUT2D eigenvalue weighted by atomic mass is 10.1. The van der Waals surface area contributed by atoms with Crippen LogP contribution in [0.25, 0.3) is 0 Å². The summed E-state index contributed by atoms with van der Waals surface area (Å²) < 4.78 is 4.97. The van der Waals surface area contributed by atoms with Crippen molar-refractivity contribution in [2.45, 2.75) is 19.4 Å². The molecule has 1 heterocycles. The van der Waals surface area contributed by atoms with Crippen molar-refractivity contribution in [3.05, 3.63) is 0 Å². The Morgan fingerprint density at radius 1 is 1.59 bits per heavy atom. The van der Waals surface area contributed by atoms with Gasteiger partial charge in [-0.15, -0.1) is 0 Å². The number of methoxy groups -OCH3 is 1. The van der Waals surface area contributed by atoms with Crippen molar-refractivity contribution in [3.8, 4) is 0 Å². The van der Waals surface area contributed by atoms with Crippen molar-refractivity contribution in [1.29, 1.82) is 0 Å². The van der Waals surface area contributed by atoms with Gasteiger partial charge in [0.2, 0.25) is 5.91 Å². The zero-order valence-corrected chi connectivity index (χ0v) is 11.0. The number of thioether (sulfide) groups is 1. The predicted molar refractivity (Wildman–Crippen MR) is 66.1 cm³/mol. The fraction of sp³-hybridized carbons (Fsp3) is 0.818. The Morgan fingerprint density at radius 2 is 2.29 bits per heavy atom. The van der Waals surface area contributed by atoms with Crippen molar-refractivity contribution in [2.24, 2.45) is 5.92 Å². The molecule has 0 aliphatic carbocycles. The van der Waals surface area contributed by atoms with Gasteiger partial charge in [-0.1, -0.05) is 0 Å². The van der Waals surface area contributed by atoms with Gasteiger partial charge in [-0.05, 0) is 19.1 Å². The first kappa shape index (κ1) is 14.3. The second-order valence-electron chi connectivity index (χ2n) is 4.10. The predicted octanol–water partition coefficient (Wildman–Crippen LogP) is 0.688. The van der Waals surface area contributed by atoms with E-state index < -0.39 is 11.9 Å². The lowest BCUT2D eigenvalue weighted by Crippen LogP contribution is -2.46. The molecule has 2 atom stereocenters. The molecular formula is C11H19NO4S. The number of carbonyl (C=O) groups is 2. The van der Waals surface area contributed by atoms with E-state index in [2.05, 4.69) is 0 Å². The summed E-state index contributed by atoms with van der Waals surface area (Å²) in [7, 11) is 1.58. The summed E-state index contributed by atoms with van der Waals surface area (Å²) in [4.78, 5) is 24.6. The fourth-order valence-corrected chi connectivity index (χ4v) is 3.01. The Morgan fingerprint density at radius 3 is 2.76 bits per heavy atom. The number of carboxylic acid groups (broad SMARTS) is 1. The largest absolute Gasteiger partial charge is 0.481 e. The van der Waals surface area contributed by atoms with Crippen LogP contribution in [0.2, 0.25) is 0 Å². The molecular weight excluding hydrogens is 242 g/mol. The van der Waals surface area contributed by atoms with E-state index in [0.29, 0.717) is 13.2 Å². The Balaban J connectivity index is 2.66. The van der Waals surface area contributed by atoms with Gasteiger partial charge in [0.1, 0.15) is 5.92 Å². The van der Waals surface area contributed by atoms with Crippen LogP contribution < -0.4 is 0 Å². The van der Waals surface area contributed by atoms with Gasteiger partial charge >= 0.3 is 5.97 Å². The lowest BCUT2D eigenvalue weighted by molar-refractivity contribution is -0.151. The van der Waals surface area contributed by atoms with E-state index in [-0.39, 0.29) is 11.9 Å². The van der Waals surface area contributed by atoms with Crippen LogP contribution in [0.4, 0.5) is 0 Å². The third kappa shape index (κ3) is 3.89. The van der Waals surface area contributed by atoms with E-state index in [0.717, 1.165) is 17.9 Å². The summed E-state index contributed by atoms with van der Waals surface area (Å²) in [5.41, 5.74) is 0. The maximum Gasteiger partial charge on any atom is 0.315 e. The summed E-state index contributed by atoms with van der Waals surface area (Å²) in [6, 6.07) is 0.157. The minimum absolute atomic E-state index is 0.157. The summed E-state index contributed by atoms with van der Waals surface area (Å²) in [6.07, 6.45) is 0.937. The lowest BCUT2D eigenvalue weighted by Gasteiger charge is -2.29. The maximum absolute atomic E-state index is 12.1. The van der Waals surface area contributed by atoms with E-state index in [4.69, 9.17) is 9.84 Å². The molecule has 0 aromatic rings. The Hall–Kier alpha value is -0.750. The van der Waals surface area contributed by atoms with Gasteiger partial charge in [-0.3, -0.25) is 9.59 Å². The summed E-state index contributed by atoms with van der Waals surface area (Å²) >= 11 is 1.80. The number of ether oxygens (including phenoxy) is 1. The van der Waals surface area contributed by atoms with Gasteiger partial charge in [-0.2, -0.15) is 11.8 Å². The van der Waals surface area contributed by atoms with Crippen LogP contribution in [0.1, 0.15) is 13.3 Å². The molecule has 1 aliphatic rings. The average Bonchev–Trinajstić information content (AvgIpc) is 2.81. The summed E-state index contributed by atoms with van der Waals surface area (Å²) in [5, 5.41) is 8.89. The van der Waals surface area contributed by atoms with Crippen LogP contribution in [0.3, 0.4) is 0 Å². The van der Waals surface area contributed by atoms with Gasteiger partial charge in [0.25, 0.3) is 0 Å². The molecule has 1 N–H and O–H groups in total. The number of hydrogen-bond acceptors (Lipinski definition) is 4. The monoisotopic (exact) mass is 261 g/mol. The minimum Gasteiger partial charge on any atom is -0.481 e. The zero-order valence-electron chi connectivity index (χ0n) is 10.2. The van der Waals surface area contributed by atoms with Gasteiger partial charge in [-0.25, -0.2) is 0 Å². The van der Waals surface area contributed by atoms with Gasteiger partial charge in [0.15, 0.2) is 0 Å². The first-order valence-electron chi connectivity index (χ1n) is 5.68. The van der Waals surface area contributed by atoms with Crippen molar-refractivity contribution < 1.29 is 19.4 Å². The van der Waals surface area contributed by atoms with Crippen molar-refractivity contribution >= 4 is 23.6 Å². The number of amides is 1. The SMILES string of the molecule is COCCN(C(=O)C(C)C(=O)O)C1CCSC1. The van der Waals surface area contributed by atoms with Crippen molar-refractivity contribution in [2.75, 3.05) is 31.8 Å². The molecule has 5 nitrogen and oxygen atoms in total. The molecule has 6 heteroatoms. The normalized spacial score (nSPS) is 21.2. The van der Waals surface area contributed by atoms with Crippen molar-refractivity contribution in [1.82, 2.24) is 4.90 Å². The quantitative estimate of drug-likeness (QED) is 0.712. The molecule has 0 radical (unpaired) electrons. The molecule has 17 heavy (non-hydrogen) atoms. The third-order valence-corrected chi connectivity index (χ3v) is 4.05. The molecule has 1 amide bonds. The third-order valence-electron chi connectivity index (χ3n) is 2.91. The number of rotatable bonds is 6. The highest BCUT2D eigenvalue weighted by atomic mass is 32.2. The van der Waals surface area contributed by atoms with Crippen LogP contribution in [0, 0.1) is 5.92 Å². The van der Waals surface area contributed by atoms with E-state index in [1.165, 1.54) is 6.92 Å². The summed E-state index contributed by atoms with van der Waals surface area (Å²) in [6.45, 7) is 2.35. The number of hydrogen-bond donors (Lipinski definition) is 1. The molecule has 0 aromatic heterocycles. The number of nitrogens with zero attached hydrogens (tertiary/aromatic N) is 1. The van der Waals surface area contributed by atoms with Gasteiger partial charge in [0.05, 0.1) is 6.61 Å². The average molecular weight is 261 g/mol. The molecule has 1 fully saturated rings. The van der Waals surface area contributed by atoms with Gasteiger partial charge < -0.3 is 14.7 Å². The molecule has 1 rings (SSSR count). The van der Waals surface area contributed by atoms with Crippen LogP contribution in [-0.4, -0.2) is 59.7 Å². The fourth-order valence-electron chi connectivity index (χ4n) is 1.78. The molecule has 0 spiro atoms. The van der Waals surface area contributed by atoms with Crippen LogP contribution in [0.15, 0.2) is 0 Å². The molecule has 98 valence electrons. The van der Waals surface area contributed by atoms with Gasteiger partial charge in [0, 0.05) is 25.4 Å². The molecule has 2 unspecified atom stereocenters. The standard InChI is InChI=1S/C11H19NO4S/c1-8(11(14)15)10(13)12(4-5-16-2)9-3-6-17-7-9/h8-9H,3-7H2,1-2H3,(H,14,15). The van der Waals surface area contributed by atoms with E-state index >= 15 is 0 Å². The second-order valence-corrected chi connectivity index (χ2v) is 5.25. The molecule has 0 saturated carbocycles. The van der Waals surface area contributed by atoms with Crippen LogP contribution in [0.5, 0.6) is 0 Å². The highest BCUT2D eigenvalue weighted by Crippen LogP contribution is 2.23. The van der Waals surface area contributed by atoms with E-state index in [9.17, 15) is 9.59 Å². The highest BCUT2D eigenvalue weighted by molar-refractivity contribution is 7.99. The molecule has 1 aliphatic heterocycles. The van der Waals surface area contributed by atoms with E-state index in [1.54, 1.807) is 23.8 Å².